The van der Waals surface area contributed by atoms with Gasteiger partial charge in [0.15, 0.2) is 0 Å². The van der Waals surface area contributed by atoms with E-state index in [9.17, 15) is 4.79 Å². The second-order valence-corrected chi connectivity index (χ2v) is 11.9. The van der Waals surface area contributed by atoms with Gasteiger partial charge in [-0.2, -0.15) is 5.10 Å². The number of hydrogen-bond donors (Lipinski definition) is 0. The molecule has 42 heavy (non-hydrogen) atoms. The third-order valence-electron chi connectivity index (χ3n) is 7.45. The quantitative estimate of drug-likeness (QED) is 0.179. The molecule has 1 aromatic heterocycles. The van der Waals surface area contributed by atoms with Gasteiger partial charge in [0, 0.05) is 49.2 Å². The highest BCUT2D eigenvalue weighted by molar-refractivity contribution is 9.10. The predicted molar refractivity (Wildman–Crippen MR) is 173 cm³/mol. The topological polar surface area (TPSA) is 64.0 Å². The molecule has 0 radical (unpaired) electrons. The summed E-state index contributed by atoms with van der Waals surface area (Å²) in [6.07, 6.45) is 0.524. The van der Waals surface area contributed by atoms with Crippen molar-refractivity contribution in [2.24, 2.45) is 5.10 Å². The van der Waals surface area contributed by atoms with Gasteiger partial charge in [0.05, 0.1) is 31.5 Å². The number of amides is 1. The number of fused-ring (bicyclic) bond motifs is 1. The van der Waals surface area contributed by atoms with Crippen molar-refractivity contribution in [3.63, 3.8) is 0 Å². The lowest BCUT2D eigenvalue weighted by Crippen LogP contribution is -2.27. The Morgan fingerprint density at radius 1 is 0.833 bits per heavy atom. The molecule has 1 amide bonds. The van der Waals surface area contributed by atoms with E-state index in [1.165, 1.54) is 0 Å². The number of carbonyl (C=O) groups excluding carboxylic acids is 1. The van der Waals surface area contributed by atoms with Crippen LogP contribution in [0.2, 0.25) is 0 Å². The van der Waals surface area contributed by atoms with E-state index >= 15 is 0 Å². The molecule has 6 rings (SSSR count). The third-order valence-corrected chi connectivity index (χ3v) is 8.47. The summed E-state index contributed by atoms with van der Waals surface area (Å²) in [5, 5.41) is 7.66. The maximum atomic E-state index is 14.2. The monoisotopic (exact) mass is 683 g/mol. The summed E-state index contributed by atoms with van der Waals surface area (Å²) in [7, 11) is 3.14. The molecule has 0 spiro atoms. The largest absolute Gasteiger partial charge is 0.497 e. The van der Waals surface area contributed by atoms with Gasteiger partial charge >= 0.3 is 0 Å². The molecule has 5 aromatic rings. The normalized spacial score (nSPS) is 14.6. The first-order chi connectivity index (χ1) is 20.4. The zero-order valence-electron chi connectivity index (χ0n) is 23.3. The first-order valence-corrected chi connectivity index (χ1v) is 15.0. The van der Waals surface area contributed by atoms with Crippen LogP contribution in [0.5, 0.6) is 11.5 Å². The fraction of sp³-hybridized carbons (Fsp3) is 0.147. The van der Waals surface area contributed by atoms with E-state index in [-0.39, 0.29) is 11.9 Å². The Hall–Kier alpha value is -4.01. The zero-order valence-corrected chi connectivity index (χ0v) is 26.4. The number of aryl methyl sites for hydroxylation is 1. The second kappa shape index (κ2) is 11.7. The molecule has 0 saturated carbocycles. The van der Waals surface area contributed by atoms with E-state index in [0.29, 0.717) is 23.5 Å². The molecule has 4 aromatic carbocycles. The maximum Gasteiger partial charge on any atom is 0.274 e. The molecule has 0 fully saturated rings. The smallest absolute Gasteiger partial charge is 0.274 e. The Balaban J connectivity index is 1.56. The number of ether oxygens (including phenoxy) is 2. The molecule has 1 aliphatic rings. The average molecular weight is 685 g/mol. The lowest BCUT2D eigenvalue weighted by Gasteiger charge is -2.22. The highest BCUT2D eigenvalue weighted by Crippen LogP contribution is 2.41. The number of rotatable bonds is 6. The second-order valence-electron chi connectivity index (χ2n) is 10.0. The Kier molecular flexibility index (Phi) is 7.84. The summed E-state index contributed by atoms with van der Waals surface area (Å²) >= 11 is 7.19. The lowest BCUT2D eigenvalue weighted by molar-refractivity contribution is 0.0710. The van der Waals surface area contributed by atoms with Crippen LogP contribution in [0.25, 0.3) is 22.0 Å². The van der Waals surface area contributed by atoms with E-state index in [1.54, 1.807) is 37.4 Å². The van der Waals surface area contributed by atoms with Crippen molar-refractivity contribution >= 4 is 54.4 Å². The number of methoxy groups -OCH3 is 2. The highest BCUT2D eigenvalue weighted by Gasteiger charge is 2.36. The van der Waals surface area contributed by atoms with Crippen LogP contribution >= 0.6 is 31.9 Å². The van der Waals surface area contributed by atoms with Crippen molar-refractivity contribution in [1.29, 1.82) is 0 Å². The first-order valence-electron chi connectivity index (χ1n) is 13.4. The standard InChI is InChI=1S/C34H27Br2N3O3/c1-20-32(33(22-7-5-4-6-8-22)28-17-25(36)13-14-29(28)37-20)30-19-31(21-9-11-24(35)12-10-21)39(38-30)34(40)23-15-26(41-2)18-27(16-23)42-3/h4-18,31H,19H2,1-3H3/t31-/m0/s1. The van der Waals surface area contributed by atoms with E-state index < -0.39 is 0 Å². The van der Waals surface area contributed by atoms with E-state index in [4.69, 9.17) is 19.6 Å². The van der Waals surface area contributed by atoms with Crippen molar-refractivity contribution < 1.29 is 14.3 Å². The number of carbonyl (C=O) groups is 1. The number of benzene rings is 4. The molecule has 210 valence electrons. The molecular formula is C34H27Br2N3O3. The molecule has 0 aliphatic carbocycles. The van der Waals surface area contributed by atoms with Crippen LogP contribution < -0.4 is 9.47 Å². The molecule has 0 bridgehead atoms. The summed E-state index contributed by atoms with van der Waals surface area (Å²) in [5.41, 5.74) is 7.02. The molecule has 1 atom stereocenters. The minimum absolute atomic E-state index is 0.245. The average Bonchev–Trinajstić information content (AvgIpc) is 3.45. The van der Waals surface area contributed by atoms with Crippen LogP contribution in [0, 0.1) is 6.92 Å². The van der Waals surface area contributed by atoms with Crippen molar-refractivity contribution in [3.05, 3.63) is 122 Å². The first kappa shape index (κ1) is 28.1. The molecule has 1 aliphatic heterocycles. The molecular weight excluding hydrogens is 658 g/mol. The Labute approximate surface area is 261 Å². The van der Waals surface area contributed by atoms with Crippen molar-refractivity contribution in [2.75, 3.05) is 14.2 Å². The fourth-order valence-corrected chi connectivity index (χ4v) is 6.10. The number of hydrazone groups is 1. The summed E-state index contributed by atoms with van der Waals surface area (Å²) in [6, 6.07) is 29.3. The molecule has 0 N–H and O–H groups in total. The van der Waals surface area contributed by atoms with Crippen LogP contribution in [-0.4, -0.2) is 35.8 Å². The van der Waals surface area contributed by atoms with E-state index in [1.807, 2.05) is 61.5 Å². The highest BCUT2D eigenvalue weighted by atomic mass is 79.9. The van der Waals surface area contributed by atoms with Gasteiger partial charge in [-0.15, -0.1) is 0 Å². The SMILES string of the molecule is COc1cc(OC)cc(C(=O)N2N=C(c3c(C)nc4ccc(Br)cc4c3-c3ccccc3)C[C@H]2c2ccc(Br)cc2)c1. The van der Waals surface area contributed by atoms with E-state index in [0.717, 1.165) is 53.5 Å². The molecule has 2 heterocycles. The van der Waals surface area contributed by atoms with Gasteiger partial charge in [0.25, 0.3) is 5.91 Å². The van der Waals surface area contributed by atoms with Gasteiger partial charge in [0.2, 0.25) is 0 Å². The van der Waals surface area contributed by atoms with Gasteiger partial charge in [-0.3, -0.25) is 9.78 Å². The van der Waals surface area contributed by atoms with Gasteiger partial charge in [-0.25, -0.2) is 5.01 Å². The Morgan fingerprint density at radius 2 is 1.50 bits per heavy atom. The zero-order chi connectivity index (χ0) is 29.4. The number of hydrogen-bond acceptors (Lipinski definition) is 5. The maximum absolute atomic E-state index is 14.2. The molecule has 0 saturated heterocycles. The summed E-state index contributed by atoms with van der Waals surface area (Å²) in [4.78, 5) is 19.2. The van der Waals surface area contributed by atoms with Crippen LogP contribution in [0.15, 0.2) is 105 Å². The fourth-order valence-electron chi connectivity index (χ4n) is 5.47. The number of nitrogens with zero attached hydrogens (tertiary/aromatic N) is 3. The van der Waals surface area contributed by atoms with E-state index in [2.05, 4.69) is 50.1 Å². The van der Waals surface area contributed by atoms with Crippen LogP contribution in [-0.2, 0) is 0 Å². The minimum Gasteiger partial charge on any atom is -0.497 e. The minimum atomic E-state index is -0.320. The number of aromatic nitrogens is 1. The van der Waals surface area contributed by atoms with Crippen molar-refractivity contribution in [1.82, 2.24) is 9.99 Å². The number of pyridine rings is 1. The van der Waals surface area contributed by atoms with Crippen molar-refractivity contribution in [2.45, 2.75) is 19.4 Å². The molecule has 0 unspecified atom stereocenters. The van der Waals surface area contributed by atoms with Gasteiger partial charge in [0.1, 0.15) is 11.5 Å². The van der Waals surface area contributed by atoms with Gasteiger partial charge in [-0.05, 0) is 60.5 Å². The van der Waals surface area contributed by atoms with Crippen LogP contribution in [0.1, 0.15) is 39.6 Å². The predicted octanol–water partition coefficient (Wildman–Crippen LogP) is 8.74. The van der Waals surface area contributed by atoms with Crippen LogP contribution in [0.4, 0.5) is 0 Å². The van der Waals surface area contributed by atoms with Crippen molar-refractivity contribution in [3.8, 4) is 22.6 Å². The Bertz CT molecular complexity index is 1820. The third kappa shape index (κ3) is 5.32. The van der Waals surface area contributed by atoms with Crippen LogP contribution in [0.3, 0.4) is 0 Å². The summed E-state index contributed by atoms with van der Waals surface area (Å²) < 4.78 is 12.8. The lowest BCUT2D eigenvalue weighted by atomic mass is 9.89. The van der Waals surface area contributed by atoms with Gasteiger partial charge in [-0.1, -0.05) is 74.3 Å². The number of halogens is 2. The Morgan fingerprint density at radius 3 is 2.17 bits per heavy atom. The molecule has 8 heteroatoms. The summed E-state index contributed by atoms with van der Waals surface area (Å²) in [6.45, 7) is 2.01. The summed E-state index contributed by atoms with van der Waals surface area (Å²) in [5.74, 6) is 0.825. The van der Waals surface area contributed by atoms with Gasteiger partial charge < -0.3 is 9.47 Å². The molecule has 6 nitrogen and oxygen atoms in total.